The van der Waals surface area contributed by atoms with Crippen molar-refractivity contribution in [2.75, 3.05) is 5.73 Å². The van der Waals surface area contributed by atoms with E-state index in [9.17, 15) is 10.1 Å². The second-order valence-electron chi connectivity index (χ2n) is 3.69. The Hall–Kier alpha value is -2.08. The Balaban J connectivity index is 2.42. The highest BCUT2D eigenvalue weighted by molar-refractivity contribution is 7.99. The van der Waals surface area contributed by atoms with E-state index in [4.69, 9.17) is 5.73 Å². The summed E-state index contributed by atoms with van der Waals surface area (Å²) in [5.74, 6) is 0.275. The molecule has 1 aromatic heterocycles. The molecule has 0 aliphatic rings. The summed E-state index contributed by atoms with van der Waals surface area (Å²) in [4.78, 5) is 15.4. The maximum absolute atomic E-state index is 10.9. The van der Waals surface area contributed by atoms with E-state index in [1.54, 1.807) is 0 Å². The fourth-order valence-electron chi connectivity index (χ4n) is 1.44. The Bertz CT molecular complexity index is 602. The van der Waals surface area contributed by atoms with Crippen molar-refractivity contribution < 1.29 is 4.92 Å². The molecule has 92 valence electrons. The molecule has 6 heteroatoms. The summed E-state index contributed by atoms with van der Waals surface area (Å²) in [5, 5.41) is 11.2. The van der Waals surface area contributed by atoms with Crippen molar-refractivity contribution in [3.63, 3.8) is 0 Å². The Morgan fingerprint density at radius 1 is 1.28 bits per heavy atom. The van der Waals surface area contributed by atoms with Crippen molar-refractivity contribution >= 4 is 23.3 Å². The highest BCUT2D eigenvalue weighted by Gasteiger charge is 2.17. The summed E-state index contributed by atoms with van der Waals surface area (Å²) in [6.07, 6.45) is 0. The van der Waals surface area contributed by atoms with Crippen LogP contribution in [0.5, 0.6) is 0 Å². The molecule has 0 atom stereocenters. The van der Waals surface area contributed by atoms with E-state index >= 15 is 0 Å². The van der Waals surface area contributed by atoms with Gasteiger partial charge in [0.1, 0.15) is 5.82 Å². The van der Waals surface area contributed by atoms with Crippen molar-refractivity contribution in [3.05, 3.63) is 52.1 Å². The third-order valence-electron chi connectivity index (χ3n) is 2.36. The molecule has 1 aromatic carbocycles. The van der Waals surface area contributed by atoms with Crippen LogP contribution in [0.3, 0.4) is 0 Å². The van der Waals surface area contributed by atoms with Gasteiger partial charge in [-0.15, -0.1) is 0 Å². The maximum Gasteiger partial charge on any atom is 0.301 e. The molecule has 0 unspecified atom stereocenters. The quantitative estimate of drug-likeness (QED) is 0.678. The lowest BCUT2D eigenvalue weighted by Crippen LogP contribution is -1.97. The van der Waals surface area contributed by atoms with Gasteiger partial charge in [-0.25, -0.2) is 4.98 Å². The van der Waals surface area contributed by atoms with Gasteiger partial charge in [-0.1, -0.05) is 30.0 Å². The number of hydrogen-bond donors (Lipinski definition) is 1. The molecule has 0 aliphatic carbocycles. The molecule has 0 aliphatic heterocycles. The fraction of sp³-hybridized carbons (Fsp3) is 0.0833. The number of benzene rings is 1. The molecule has 2 N–H and O–H groups in total. The van der Waals surface area contributed by atoms with E-state index in [1.165, 1.54) is 23.9 Å². The Kier molecular flexibility index (Phi) is 3.47. The number of rotatable bonds is 3. The summed E-state index contributed by atoms with van der Waals surface area (Å²) in [6.45, 7) is 1.94. The minimum atomic E-state index is -0.451. The second kappa shape index (κ2) is 5.05. The molecule has 0 amide bonds. The summed E-state index contributed by atoms with van der Waals surface area (Å²) in [6, 6.07) is 10.5. The monoisotopic (exact) mass is 261 g/mol. The lowest BCUT2D eigenvalue weighted by Gasteiger charge is -2.05. The second-order valence-corrected chi connectivity index (χ2v) is 4.72. The van der Waals surface area contributed by atoms with Gasteiger partial charge in [0.15, 0.2) is 5.03 Å². The summed E-state index contributed by atoms with van der Waals surface area (Å²) < 4.78 is 0. The van der Waals surface area contributed by atoms with Crippen LogP contribution in [0.4, 0.5) is 11.5 Å². The van der Waals surface area contributed by atoms with E-state index in [-0.39, 0.29) is 11.5 Å². The van der Waals surface area contributed by atoms with E-state index in [2.05, 4.69) is 4.98 Å². The number of aromatic nitrogens is 1. The zero-order valence-electron chi connectivity index (χ0n) is 9.66. The van der Waals surface area contributed by atoms with Gasteiger partial charge >= 0.3 is 5.69 Å². The van der Waals surface area contributed by atoms with Crippen LogP contribution in [-0.4, -0.2) is 9.91 Å². The van der Waals surface area contributed by atoms with Crippen LogP contribution < -0.4 is 5.73 Å². The van der Waals surface area contributed by atoms with Crippen LogP contribution >= 0.6 is 11.8 Å². The van der Waals surface area contributed by atoms with Crippen molar-refractivity contribution in [2.45, 2.75) is 16.8 Å². The summed E-state index contributed by atoms with van der Waals surface area (Å²) >= 11 is 1.25. The first kappa shape index (κ1) is 12.4. The predicted molar refractivity (Wildman–Crippen MR) is 70.6 cm³/mol. The van der Waals surface area contributed by atoms with E-state index in [1.807, 2.05) is 31.2 Å². The largest absolute Gasteiger partial charge is 0.384 e. The Labute approximate surface area is 108 Å². The molecule has 5 nitrogen and oxygen atoms in total. The summed E-state index contributed by atoms with van der Waals surface area (Å²) in [5.41, 5.74) is 6.58. The zero-order chi connectivity index (χ0) is 13.1. The molecule has 0 radical (unpaired) electrons. The van der Waals surface area contributed by atoms with Gasteiger partial charge < -0.3 is 5.73 Å². The van der Waals surface area contributed by atoms with Crippen molar-refractivity contribution in [1.29, 1.82) is 0 Å². The zero-order valence-corrected chi connectivity index (χ0v) is 10.5. The highest BCUT2D eigenvalue weighted by atomic mass is 32.2. The molecule has 0 saturated heterocycles. The first-order valence-corrected chi connectivity index (χ1v) is 6.04. The average molecular weight is 261 g/mol. The number of nitrogens with zero attached hydrogens (tertiary/aromatic N) is 2. The number of nitro groups is 1. The lowest BCUT2D eigenvalue weighted by molar-refractivity contribution is -0.388. The molecule has 2 aromatic rings. The first-order chi connectivity index (χ1) is 8.58. The molecule has 2 rings (SSSR count). The molecule has 18 heavy (non-hydrogen) atoms. The summed E-state index contributed by atoms with van der Waals surface area (Å²) in [7, 11) is 0. The van der Waals surface area contributed by atoms with Gasteiger partial charge in [-0.05, 0) is 24.6 Å². The SMILES string of the molecule is Cc1ccccc1Sc1nc(N)ccc1[N+](=O)[O-]. The topological polar surface area (TPSA) is 82.0 Å². The molecule has 0 bridgehead atoms. The number of aryl methyl sites for hydroxylation is 1. The van der Waals surface area contributed by atoms with Crippen LogP contribution in [0.15, 0.2) is 46.3 Å². The Morgan fingerprint density at radius 3 is 2.67 bits per heavy atom. The van der Waals surface area contributed by atoms with Gasteiger partial charge in [0, 0.05) is 11.0 Å². The standard InChI is InChI=1S/C12H11N3O2S/c1-8-4-2-3-5-10(8)18-12-9(15(16)17)6-7-11(13)14-12/h2-7H,1H3,(H2,13,14). The van der Waals surface area contributed by atoms with Crippen LogP contribution in [0.25, 0.3) is 0 Å². The van der Waals surface area contributed by atoms with Gasteiger partial charge in [0.05, 0.1) is 4.92 Å². The van der Waals surface area contributed by atoms with Gasteiger partial charge in [-0.3, -0.25) is 10.1 Å². The van der Waals surface area contributed by atoms with Crippen molar-refractivity contribution in [2.24, 2.45) is 0 Å². The number of nitrogens with two attached hydrogens (primary N) is 1. The van der Waals surface area contributed by atoms with Crippen LogP contribution in [0.1, 0.15) is 5.56 Å². The van der Waals surface area contributed by atoms with E-state index < -0.39 is 4.92 Å². The third-order valence-corrected chi connectivity index (χ3v) is 3.53. The van der Waals surface area contributed by atoms with Gasteiger partial charge in [0.2, 0.25) is 0 Å². The number of anilines is 1. The van der Waals surface area contributed by atoms with Crippen molar-refractivity contribution in [1.82, 2.24) is 4.98 Å². The molecule has 0 fully saturated rings. The molecule has 1 heterocycles. The van der Waals surface area contributed by atoms with Crippen LogP contribution in [-0.2, 0) is 0 Å². The lowest BCUT2D eigenvalue weighted by atomic mass is 10.2. The number of pyridine rings is 1. The van der Waals surface area contributed by atoms with Crippen LogP contribution in [0.2, 0.25) is 0 Å². The van der Waals surface area contributed by atoms with Crippen LogP contribution in [0, 0.1) is 17.0 Å². The minimum Gasteiger partial charge on any atom is -0.384 e. The molecular formula is C12H11N3O2S. The number of nitrogen functional groups attached to an aromatic ring is 1. The molecular weight excluding hydrogens is 250 g/mol. The minimum absolute atomic E-state index is 0.0301. The van der Waals surface area contributed by atoms with Crippen molar-refractivity contribution in [3.8, 4) is 0 Å². The van der Waals surface area contributed by atoms with E-state index in [0.717, 1.165) is 10.5 Å². The van der Waals surface area contributed by atoms with E-state index in [0.29, 0.717) is 5.03 Å². The van der Waals surface area contributed by atoms with Gasteiger partial charge in [0.25, 0.3) is 0 Å². The first-order valence-electron chi connectivity index (χ1n) is 5.22. The average Bonchev–Trinajstić information content (AvgIpc) is 2.32. The number of hydrogen-bond acceptors (Lipinski definition) is 5. The highest BCUT2D eigenvalue weighted by Crippen LogP contribution is 2.35. The third kappa shape index (κ3) is 2.60. The maximum atomic E-state index is 10.9. The Morgan fingerprint density at radius 2 is 2.00 bits per heavy atom. The smallest absolute Gasteiger partial charge is 0.301 e. The molecule has 0 saturated carbocycles. The molecule has 0 spiro atoms. The van der Waals surface area contributed by atoms with Gasteiger partial charge in [-0.2, -0.15) is 0 Å². The normalized spacial score (nSPS) is 10.3. The fourth-order valence-corrected chi connectivity index (χ4v) is 2.42. The predicted octanol–water partition coefficient (Wildman–Crippen LogP) is 3.03.